The fraction of sp³-hybridized carbons (Fsp3) is 0.400. The van der Waals surface area contributed by atoms with Crippen molar-refractivity contribution in [1.82, 2.24) is 0 Å². The minimum absolute atomic E-state index is 0.0839. The summed E-state index contributed by atoms with van der Waals surface area (Å²) in [5.74, 6) is -11.6. The van der Waals surface area contributed by atoms with E-state index in [0.717, 1.165) is 0 Å². The third kappa shape index (κ3) is 3.12. The van der Waals surface area contributed by atoms with Crippen molar-refractivity contribution >= 4 is 28.0 Å². The molecular weight excluding hydrogens is 519 g/mol. The molecule has 0 aliphatic carbocycles. The fourth-order valence-corrected chi connectivity index (χ4v) is 2.77. The van der Waals surface area contributed by atoms with Crippen molar-refractivity contribution in [3.05, 3.63) is 29.3 Å². The van der Waals surface area contributed by atoms with E-state index in [2.05, 4.69) is 0 Å². The summed E-state index contributed by atoms with van der Waals surface area (Å²) in [6, 6.07) is 1.12. The van der Waals surface area contributed by atoms with Crippen LogP contribution in [0.15, 0.2) is 18.2 Å². The van der Waals surface area contributed by atoms with Gasteiger partial charge in [0.2, 0.25) is 0 Å². The second-order valence-electron chi connectivity index (χ2n) is 3.84. The van der Waals surface area contributed by atoms with Crippen LogP contribution < -0.4 is 3.27 Å². The first-order valence-electron chi connectivity index (χ1n) is 4.86. The summed E-state index contributed by atoms with van der Waals surface area (Å²) in [4.78, 5) is 0. The van der Waals surface area contributed by atoms with E-state index in [1.54, 1.807) is 0 Å². The SMILES string of the molecule is FC(F)(F)C(F)(F)c1ccc[c]([Bi])c1C(F)(F)C(F)(F)F. The third-order valence-electron chi connectivity index (χ3n) is 2.41. The van der Waals surface area contributed by atoms with Gasteiger partial charge in [0.05, 0.1) is 0 Å². The van der Waals surface area contributed by atoms with Crippen molar-refractivity contribution in [2.45, 2.75) is 24.2 Å². The van der Waals surface area contributed by atoms with Gasteiger partial charge in [-0.2, -0.15) is 0 Å². The van der Waals surface area contributed by atoms with Gasteiger partial charge in [0.1, 0.15) is 0 Å². The summed E-state index contributed by atoms with van der Waals surface area (Å²) < 4.78 is 126. The maximum absolute atomic E-state index is 13.3. The zero-order valence-electron chi connectivity index (χ0n) is 9.46. The van der Waals surface area contributed by atoms with Crippen LogP contribution in [0, 0.1) is 0 Å². The number of alkyl halides is 10. The zero-order valence-corrected chi connectivity index (χ0v) is 12.9. The van der Waals surface area contributed by atoms with E-state index in [9.17, 15) is 43.9 Å². The Balaban J connectivity index is 3.71. The van der Waals surface area contributed by atoms with Crippen LogP contribution in [0.25, 0.3) is 0 Å². The molecule has 118 valence electrons. The monoisotopic (exact) mass is 522 g/mol. The second kappa shape index (κ2) is 5.24. The summed E-state index contributed by atoms with van der Waals surface area (Å²) in [5.41, 5.74) is -4.73. The quantitative estimate of drug-likeness (QED) is 0.410. The standard InChI is InChI=1S/C10H3F10.Bi/c11-7(12,9(15,16)17)5-3-1-2-4-6(5)8(13,14)10(18,19)20;/h1-3H;. The van der Waals surface area contributed by atoms with E-state index in [-0.39, 0.29) is 30.8 Å². The van der Waals surface area contributed by atoms with Crippen LogP contribution in [0.4, 0.5) is 43.9 Å². The maximum atomic E-state index is 13.3. The Morgan fingerprint density at radius 1 is 0.667 bits per heavy atom. The van der Waals surface area contributed by atoms with Gasteiger partial charge in [-0.25, -0.2) is 0 Å². The molecule has 1 aromatic rings. The van der Waals surface area contributed by atoms with Crippen molar-refractivity contribution in [1.29, 1.82) is 0 Å². The fourth-order valence-electron chi connectivity index (χ4n) is 1.43. The van der Waals surface area contributed by atoms with Crippen LogP contribution in [0.5, 0.6) is 0 Å². The van der Waals surface area contributed by atoms with Gasteiger partial charge in [0, 0.05) is 0 Å². The van der Waals surface area contributed by atoms with E-state index in [1.807, 2.05) is 0 Å². The number of benzene rings is 1. The van der Waals surface area contributed by atoms with Crippen molar-refractivity contribution in [2.24, 2.45) is 0 Å². The zero-order chi connectivity index (χ0) is 16.9. The molecule has 11 heteroatoms. The third-order valence-corrected chi connectivity index (χ3v) is 3.86. The molecule has 0 saturated carbocycles. The van der Waals surface area contributed by atoms with Gasteiger partial charge in [-0.05, 0) is 0 Å². The molecule has 0 heterocycles. The van der Waals surface area contributed by atoms with Crippen molar-refractivity contribution in [3.8, 4) is 0 Å². The molecule has 0 aromatic heterocycles. The van der Waals surface area contributed by atoms with Crippen LogP contribution in [0.1, 0.15) is 11.1 Å². The van der Waals surface area contributed by atoms with Crippen molar-refractivity contribution in [2.75, 3.05) is 0 Å². The summed E-state index contributed by atoms with van der Waals surface area (Å²) in [5, 5.41) is 0. The van der Waals surface area contributed by atoms with Crippen LogP contribution in [-0.4, -0.2) is 37.1 Å². The Morgan fingerprint density at radius 3 is 1.48 bits per heavy atom. The normalized spacial score (nSPS) is 14.4. The van der Waals surface area contributed by atoms with E-state index in [0.29, 0.717) is 12.1 Å². The molecule has 0 N–H and O–H groups in total. The number of halogens is 10. The van der Waals surface area contributed by atoms with Crippen molar-refractivity contribution in [3.63, 3.8) is 0 Å². The average molecular weight is 522 g/mol. The summed E-state index contributed by atoms with van der Waals surface area (Å²) in [7, 11) is 0. The topological polar surface area (TPSA) is 0 Å². The van der Waals surface area contributed by atoms with Crippen LogP contribution in [-0.2, 0) is 11.8 Å². The molecule has 0 spiro atoms. The molecule has 0 unspecified atom stereocenters. The molecule has 0 atom stereocenters. The molecule has 2 radical (unpaired) electrons. The van der Waals surface area contributed by atoms with Gasteiger partial charge in [-0.1, -0.05) is 0 Å². The molecule has 0 amide bonds. The Hall–Kier alpha value is -0.597. The molecular formula is C10H3BiF10. The molecule has 0 nitrogen and oxygen atoms in total. The van der Waals surface area contributed by atoms with Crippen LogP contribution >= 0.6 is 0 Å². The van der Waals surface area contributed by atoms with Gasteiger partial charge >= 0.3 is 125 Å². The van der Waals surface area contributed by atoms with Gasteiger partial charge in [0.25, 0.3) is 0 Å². The summed E-state index contributed by atoms with van der Waals surface area (Å²) in [6.45, 7) is 0. The van der Waals surface area contributed by atoms with Gasteiger partial charge < -0.3 is 0 Å². The van der Waals surface area contributed by atoms with E-state index < -0.39 is 38.6 Å². The molecule has 0 fully saturated rings. The molecule has 1 aromatic carbocycles. The van der Waals surface area contributed by atoms with E-state index in [1.165, 1.54) is 0 Å². The molecule has 0 aliphatic rings. The van der Waals surface area contributed by atoms with E-state index >= 15 is 0 Å². The Morgan fingerprint density at radius 2 is 1.10 bits per heavy atom. The van der Waals surface area contributed by atoms with E-state index in [4.69, 9.17) is 0 Å². The van der Waals surface area contributed by atoms with Crippen molar-refractivity contribution < 1.29 is 43.9 Å². The van der Waals surface area contributed by atoms with Gasteiger partial charge in [-0.3, -0.25) is 0 Å². The molecule has 0 saturated heterocycles. The molecule has 0 bridgehead atoms. The molecule has 1 rings (SSSR count). The first-order chi connectivity index (χ1) is 9.14. The Labute approximate surface area is 126 Å². The summed E-state index contributed by atoms with van der Waals surface area (Å²) >= 11 is -0.340. The second-order valence-corrected chi connectivity index (χ2v) is 5.72. The van der Waals surface area contributed by atoms with Gasteiger partial charge in [0.15, 0.2) is 0 Å². The Bertz CT molecular complexity index is 528. The number of rotatable bonds is 2. The minimum atomic E-state index is -6.30. The number of hydrogen-bond donors (Lipinski definition) is 0. The predicted octanol–water partition coefficient (Wildman–Crippen LogP) is 3.79. The van der Waals surface area contributed by atoms with Crippen LogP contribution in [0.2, 0.25) is 0 Å². The molecule has 0 aliphatic heterocycles. The first kappa shape index (κ1) is 18.5. The summed E-state index contributed by atoms with van der Waals surface area (Å²) in [6.07, 6.45) is -12.6. The number of hydrogen-bond acceptors (Lipinski definition) is 0. The average Bonchev–Trinajstić information content (AvgIpc) is 2.24. The first-order valence-corrected chi connectivity index (χ1v) is 6.60. The van der Waals surface area contributed by atoms with Crippen LogP contribution in [0.3, 0.4) is 0 Å². The Kier molecular flexibility index (Phi) is 4.61. The van der Waals surface area contributed by atoms with Gasteiger partial charge in [-0.15, -0.1) is 0 Å². The predicted molar refractivity (Wildman–Crippen MR) is 51.7 cm³/mol. The molecule has 21 heavy (non-hydrogen) atoms.